The lowest BCUT2D eigenvalue weighted by atomic mass is 10.2. The highest BCUT2D eigenvalue weighted by Crippen LogP contribution is 2.03. The van der Waals surface area contributed by atoms with Crippen molar-refractivity contribution in [1.29, 1.82) is 0 Å². The van der Waals surface area contributed by atoms with E-state index < -0.39 is 0 Å². The molecule has 1 N–H and O–H groups in total. The van der Waals surface area contributed by atoms with Gasteiger partial charge >= 0.3 is 0 Å². The minimum absolute atomic E-state index is 0. The third kappa shape index (κ3) is 6.60. The molecule has 0 amide bonds. The Labute approximate surface area is 155 Å². The molecular formula is C17H26IN5. The van der Waals surface area contributed by atoms with Crippen molar-refractivity contribution >= 4 is 29.9 Å². The highest BCUT2D eigenvalue weighted by atomic mass is 127. The van der Waals surface area contributed by atoms with E-state index in [2.05, 4.69) is 58.5 Å². The molecule has 0 bridgehead atoms. The van der Waals surface area contributed by atoms with Crippen LogP contribution in [0.1, 0.15) is 12.5 Å². The number of nitrogens with zero attached hydrogens (tertiary/aromatic N) is 4. The quantitative estimate of drug-likeness (QED) is 0.438. The lowest BCUT2D eigenvalue weighted by Crippen LogP contribution is -2.40. The first-order chi connectivity index (χ1) is 10.7. The van der Waals surface area contributed by atoms with E-state index in [1.165, 1.54) is 5.56 Å². The summed E-state index contributed by atoms with van der Waals surface area (Å²) in [6, 6.07) is 12.4. The topological polar surface area (TPSA) is 45.5 Å². The van der Waals surface area contributed by atoms with E-state index in [9.17, 15) is 0 Å². The third-order valence-electron chi connectivity index (χ3n) is 3.50. The number of rotatable bonds is 6. The Morgan fingerprint density at radius 2 is 2.04 bits per heavy atom. The van der Waals surface area contributed by atoms with Crippen LogP contribution >= 0.6 is 24.0 Å². The van der Waals surface area contributed by atoms with E-state index in [1.54, 1.807) is 0 Å². The van der Waals surface area contributed by atoms with Gasteiger partial charge in [-0.1, -0.05) is 37.3 Å². The van der Waals surface area contributed by atoms with Crippen molar-refractivity contribution in [2.24, 2.45) is 10.9 Å². The highest BCUT2D eigenvalue weighted by Gasteiger charge is 2.09. The van der Waals surface area contributed by atoms with Gasteiger partial charge in [0.15, 0.2) is 5.96 Å². The molecule has 2 aromatic rings. The standard InChI is InChI=1S/C17H25N5.HI/c1-15(13-22-11-7-10-20-22)12-19-17(18-2)21(3)14-16-8-5-4-6-9-16;/h4-11,15H,12-14H2,1-3H3,(H,18,19);1H. The summed E-state index contributed by atoms with van der Waals surface area (Å²) in [5.41, 5.74) is 1.28. The first-order valence-electron chi connectivity index (χ1n) is 7.62. The summed E-state index contributed by atoms with van der Waals surface area (Å²) < 4.78 is 1.96. The molecule has 2 rings (SSSR count). The lowest BCUT2D eigenvalue weighted by Gasteiger charge is -2.23. The highest BCUT2D eigenvalue weighted by molar-refractivity contribution is 14.0. The fourth-order valence-electron chi connectivity index (χ4n) is 2.37. The number of aliphatic imine (C=N–C) groups is 1. The van der Waals surface area contributed by atoms with E-state index in [-0.39, 0.29) is 24.0 Å². The largest absolute Gasteiger partial charge is 0.356 e. The maximum Gasteiger partial charge on any atom is 0.193 e. The van der Waals surface area contributed by atoms with Gasteiger partial charge in [0.1, 0.15) is 0 Å². The summed E-state index contributed by atoms with van der Waals surface area (Å²) in [5, 5.41) is 7.68. The van der Waals surface area contributed by atoms with Crippen LogP contribution in [0.15, 0.2) is 53.8 Å². The van der Waals surface area contributed by atoms with E-state index in [0.717, 1.165) is 25.6 Å². The van der Waals surface area contributed by atoms with Crippen LogP contribution in [0.5, 0.6) is 0 Å². The van der Waals surface area contributed by atoms with Gasteiger partial charge in [-0.25, -0.2) is 0 Å². The molecule has 0 saturated carbocycles. The van der Waals surface area contributed by atoms with Crippen molar-refractivity contribution in [3.63, 3.8) is 0 Å². The van der Waals surface area contributed by atoms with Crippen LogP contribution in [0, 0.1) is 5.92 Å². The molecule has 0 saturated heterocycles. The summed E-state index contributed by atoms with van der Waals surface area (Å²) >= 11 is 0. The lowest BCUT2D eigenvalue weighted by molar-refractivity contribution is 0.423. The van der Waals surface area contributed by atoms with Crippen molar-refractivity contribution in [1.82, 2.24) is 20.0 Å². The zero-order chi connectivity index (χ0) is 15.8. The zero-order valence-corrected chi connectivity index (χ0v) is 16.3. The van der Waals surface area contributed by atoms with Gasteiger partial charge in [0.25, 0.3) is 0 Å². The second kappa shape index (κ2) is 10.3. The van der Waals surface area contributed by atoms with E-state index in [0.29, 0.717) is 5.92 Å². The SMILES string of the molecule is CN=C(NCC(C)Cn1cccn1)N(C)Cc1ccccc1.I. The summed E-state index contributed by atoms with van der Waals surface area (Å²) in [6.45, 7) is 4.82. The average Bonchev–Trinajstić information content (AvgIpc) is 3.01. The van der Waals surface area contributed by atoms with Gasteiger partial charge in [-0.2, -0.15) is 5.10 Å². The zero-order valence-electron chi connectivity index (χ0n) is 14.0. The normalized spacial score (nSPS) is 12.4. The number of benzene rings is 1. The van der Waals surface area contributed by atoms with Gasteiger partial charge in [-0.3, -0.25) is 9.67 Å². The Hall–Kier alpha value is -1.57. The van der Waals surface area contributed by atoms with Gasteiger partial charge in [0.2, 0.25) is 0 Å². The first-order valence-corrected chi connectivity index (χ1v) is 7.62. The second-order valence-corrected chi connectivity index (χ2v) is 5.60. The summed E-state index contributed by atoms with van der Waals surface area (Å²) in [7, 11) is 3.88. The molecule has 23 heavy (non-hydrogen) atoms. The molecule has 1 aromatic carbocycles. The second-order valence-electron chi connectivity index (χ2n) is 5.60. The Morgan fingerprint density at radius 3 is 2.65 bits per heavy atom. The number of hydrogen-bond acceptors (Lipinski definition) is 2. The van der Waals surface area contributed by atoms with Crippen molar-refractivity contribution in [2.45, 2.75) is 20.0 Å². The Kier molecular flexibility index (Phi) is 8.68. The molecule has 0 fully saturated rings. The minimum Gasteiger partial charge on any atom is -0.356 e. The average molecular weight is 427 g/mol. The molecule has 0 spiro atoms. The third-order valence-corrected chi connectivity index (χ3v) is 3.50. The number of aromatic nitrogens is 2. The van der Waals surface area contributed by atoms with Crippen LogP contribution in [-0.4, -0.2) is 41.3 Å². The summed E-state index contributed by atoms with van der Waals surface area (Å²) in [6.07, 6.45) is 3.81. The minimum atomic E-state index is 0. The van der Waals surface area contributed by atoms with Crippen molar-refractivity contribution in [2.75, 3.05) is 20.6 Å². The summed E-state index contributed by atoms with van der Waals surface area (Å²) in [5.74, 6) is 1.39. The monoisotopic (exact) mass is 427 g/mol. The van der Waals surface area contributed by atoms with Gasteiger partial charge in [-0.15, -0.1) is 24.0 Å². The van der Waals surface area contributed by atoms with Crippen LogP contribution in [0.25, 0.3) is 0 Å². The van der Waals surface area contributed by atoms with Crippen molar-refractivity contribution < 1.29 is 0 Å². The van der Waals surface area contributed by atoms with Crippen LogP contribution in [0.4, 0.5) is 0 Å². The van der Waals surface area contributed by atoms with Gasteiger partial charge < -0.3 is 10.2 Å². The predicted molar refractivity (Wildman–Crippen MR) is 106 cm³/mol. The Morgan fingerprint density at radius 1 is 1.30 bits per heavy atom. The van der Waals surface area contributed by atoms with Crippen LogP contribution in [0.3, 0.4) is 0 Å². The molecule has 6 heteroatoms. The summed E-state index contributed by atoms with van der Waals surface area (Å²) in [4.78, 5) is 6.50. The molecule has 0 aliphatic carbocycles. The number of guanidine groups is 1. The number of nitrogens with one attached hydrogen (secondary N) is 1. The van der Waals surface area contributed by atoms with Crippen LogP contribution in [-0.2, 0) is 13.1 Å². The molecule has 1 aromatic heterocycles. The molecule has 0 radical (unpaired) electrons. The van der Waals surface area contributed by atoms with E-state index >= 15 is 0 Å². The Balaban J connectivity index is 0.00000264. The molecular weight excluding hydrogens is 401 g/mol. The smallest absolute Gasteiger partial charge is 0.193 e. The van der Waals surface area contributed by atoms with E-state index in [4.69, 9.17) is 0 Å². The molecule has 126 valence electrons. The number of hydrogen-bond donors (Lipinski definition) is 1. The maximum absolute atomic E-state index is 4.36. The fraction of sp³-hybridized carbons (Fsp3) is 0.412. The predicted octanol–water partition coefficient (Wildman–Crippen LogP) is 2.84. The molecule has 0 aliphatic rings. The van der Waals surface area contributed by atoms with Gasteiger partial charge in [-0.05, 0) is 17.5 Å². The van der Waals surface area contributed by atoms with E-state index in [1.807, 2.05) is 36.3 Å². The molecule has 1 atom stereocenters. The molecule has 1 heterocycles. The fourth-order valence-corrected chi connectivity index (χ4v) is 2.37. The molecule has 1 unspecified atom stereocenters. The molecule has 5 nitrogen and oxygen atoms in total. The van der Waals surface area contributed by atoms with Crippen molar-refractivity contribution in [3.05, 3.63) is 54.4 Å². The van der Waals surface area contributed by atoms with Gasteiger partial charge in [0.05, 0.1) is 0 Å². The first kappa shape index (κ1) is 19.5. The van der Waals surface area contributed by atoms with Gasteiger partial charge in [0, 0.05) is 46.1 Å². The maximum atomic E-state index is 4.36. The van der Waals surface area contributed by atoms with Crippen LogP contribution in [0.2, 0.25) is 0 Å². The van der Waals surface area contributed by atoms with Crippen molar-refractivity contribution in [3.8, 4) is 0 Å². The van der Waals surface area contributed by atoms with Crippen LogP contribution < -0.4 is 5.32 Å². The Bertz CT molecular complexity index is 568. The number of halogens is 1. The molecule has 0 aliphatic heterocycles.